The number of rotatable bonds is 5. The van der Waals surface area contributed by atoms with Crippen LogP contribution in [0.15, 0.2) is 42.5 Å². The zero-order valence-electron chi connectivity index (χ0n) is 11.5. The number of nitro groups is 1. The molecule has 2 aromatic rings. The Morgan fingerprint density at radius 2 is 1.91 bits per heavy atom. The van der Waals surface area contributed by atoms with Crippen LogP contribution in [0.4, 0.5) is 10.1 Å². The molecule has 0 aliphatic rings. The van der Waals surface area contributed by atoms with Gasteiger partial charge in [0.25, 0.3) is 0 Å². The second kappa shape index (κ2) is 6.53. The lowest BCUT2D eigenvalue weighted by Crippen LogP contribution is -2.24. The highest BCUT2D eigenvalue weighted by Crippen LogP contribution is 2.29. The maximum Gasteiger partial charge on any atom is 0.311 e. The van der Waals surface area contributed by atoms with E-state index in [1.807, 2.05) is 0 Å². The minimum atomic E-state index is -1.01. The summed E-state index contributed by atoms with van der Waals surface area (Å²) in [5.41, 5.74) is -0.0619. The van der Waals surface area contributed by atoms with E-state index in [2.05, 4.69) is 0 Å². The molecule has 0 spiro atoms. The first-order valence-corrected chi connectivity index (χ1v) is 6.66. The SMILES string of the molecule is C[C@H](Oc1cc(F)ccc1[N+](=O)[O-])C(=O)c1ccc(Cl)cc1. The monoisotopic (exact) mass is 323 g/mol. The largest absolute Gasteiger partial charge is 0.475 e. The van der Waals surface area contributed by atoms with Gasteiger partial charge in [-0.25, -0.2) is 4.39 Å². The number of nitro benzene ring substituents is 1. The molecule has 2 aromatic carbocycles. The van der Waals surface area contributed by atoms with E-state index in [4.69, 9.17) is 16.3 Å². The van der Waals surface area contributed by atoms with Gasteiger partial charge in [-0.1, -0.05) is 11.6 Å². The third kappa shape index (κ3) is 3.59. The van der Waals surface area contributed by atoms with Crippen molar-refractivity contribution in [3.05, 3.63) is 69.0 Å². The standard InChI is InChI=1S/C15H11ClFNO4/c1-9(15(19)10-2-4-11(16)5-3-10)22-14-8-12(17)6-7-13(14)18(20)21/h2-9H,1H3/t9-/m0/s1. The number of hydrogen-bond donors (Lipinski definition) is 0. The summed E-state index contributed by atoms with van der Waals surface area (Å²) in [4.78, 5) is 22.4. The smallest absolute Gasteiger partial charge is 0.311 e. The Labute approximate surface area is 130 Å². The van der Waals surface area contributed by atoms with E-state index in [-0.39, 0.29) is 5.75 Å². The highest BCUT2D eigenvalue weighted by atomic mass is 35.5. The second-order valence-electron chi connectivity index (χ2n) is 4.50. The Balaban J connectivity index is 2.23. The van der Waals surface area contributed by atoms with Crippen molar-refractivity contribution in [1.29, 1.82) is 0 Å². The first-order valence-electron chi connectivity index (χ1n) is 6.29. The molecule has 5 nitrogen and oxygen atoms in total. The van der Waals surface area contributed by atoms with Gasteiger partial charge in [0.05, 0.1) is 4.92 Å². The van der Waals surface area contributed by atoms with Gasteiger partial charge in [0.1, 0.15) is 5.82 Å². The van der Waals surface area contributed by atoms with Gasteiger partial charge in [-0.3, -0.25) is 14.9 Å². The molecule has 0 aliphatic carbocycles. The van der Waals surface area contributed by atoms with Gasteiger partial charge in [-0.2, -0.15) is 0 Å². The van der Waals surface area contributed by atoms with Gasteiger partial charge in [0.15, 0.2) is 6.10 Å². The van der Waals surface area contributed by atoms with Gasteiger partial charge in [0, 0.05) is 22.7 Å². The van der Waals surface area contributed by atoms with Crippen molar-refractivity contribution < 1.29 is 18.8 Å². The molecule has 0 heterocycles. The molecule has 2 rings (SSSR count). The van der Waals surface area contributed by atoms with Crippen LogP contribution < -0.4 is 4.74 Å². The van der Waals surface area contributed by atoms with Crippen LogP contribution >= 0.6 is 11.6 Å². The Hall–Kier alpha value is -2.47. The molecule has 0 fully saturated rings. The Morgan fingerprint density at radius 1 is 1.27 bits per heavy atom. The maximum atomic E-state index is 13.2. The van der Waals surface area contributed by atoms with E-state index < -0.39 is 28.3 Å². The molecule has 114 valence electrons. The first-order chi connectivity index (χ1) is 10.4. The van der Waals surface area contributed by atoms with Crippen molar-refractivity contribution in [3.63, 3.8) is 0 Å². The predicted molar refractivity (Wildman–Crippen MR) is 78.9 cm³/mol. The highest BCUT2D eigenvalue weighted by molar-refractivity contribution is 6.30. The Kier molecular flexibility index (Phi) is 4.72. The lowest BCUT2D eigenvalue weighted by molar-refractivity contribution is -0.386. The summed E-state index contributed by atoms with van der Waals surface area (Å²) in [5.74, 6) is -1.37. The number of halogens is 2. The van der Waals surface area contributed by atoms with Gasteiger partial charge in [0.2, 0.25) is 11.5 Å². The van der Waals surface area contributed by atoms with Crippen LogP contribution in [0, 0.1) is 15.9 Å². The van der Waals surface area contributed by atoms with E-state index in [1.165, 1.54) is 19.1 Å². The molecular formula is C15H11ClFNO4. The number of hydrogen-bond acceptors (Lipinski definition) is 4. The van der Waals surface area contributed by atoms with Crippen LogP contribution in [0.25, 0.3) is 0 Å². The van der Waals surface area contributed by atoms with Crippen molar-refractivity contribution in [2.24, 2.45) is 0 Å². The minimum absolute atomic E-state index is 0.292. The fourth-order valence-electron chi connectivity index (χ4n) is 1.83. The average Bonchev–Trinajstić information content (AvgIpc) is 2.47. The third-order valence-electron chi connectivity index (χ3n) is 2.92. The van der Waals surface area contributed by atoms with Gasteiger partial charge < -0.3 is 4.74 Å². The summed E-state index contributed by atoms with van der Waals surface area (Å²) in [7, 11) is 0. The van der Waals surface area contributed by atoms with E-state index in [0.29, 0.717) is 10.6 Å². The third-order valence-corrected chi connectivity index (χ3v) is 3.17. The molecule has 0 N–H and O–H groups in total. The van der Waals surface area contributed by atoms with Crippen molar-refractivity contribution in [2.45, 2.75) is 13.0 Å². The van der Waals surface area contributed by atoms with Crippen LogP contribution in [0.1, 0.15) is 17.3 Å². The normalized spacial score (nSPS) is 11.8. The molecule has 0 aromatic heterocycles. The van der Waals surface area contributed by atoms with E-state index in [0.717, 1.165) is 18.2 Å². The summed E-state index contributed by atoms with van der Waals surface area (Å²) in [6.07, 6.45) is -1.01. The summed E-state index contributed by atoms with van der Waals surface area (Å²) < 4.78 is 18.5. The van der Waals surface area contributed by atoms with E-state index >= 15 is 0 Å². The molecule has 0 unspecified atom stereocenters. The summed E-state index contributed by atoms with van der Waals surface area (Å²) in [6.45, 7) is 1.44. The number of Topliss-reactive ketones (excluding diaryl/α,β-unsaturated/α-hetero) is 1. The van der Waals surface area contributed by atoms with Crippen molar-refractivity contribution in [3.8, 4) is 5.75 Å². The van der Waals surface area contributed by atoms with Crippen LogP contribution in [-0.4, -0.2) is 16.8 Å². The van der Waals surface area contributed by atoms with Crippen molar-refractivity contribution >= 4 is 23.1 Å². The minimum Gasteiger partial charge on any atom is -0.475 e. The number of ether oxygens (including phenoxy) is 1. The molecule has 7 heteroatoms. The van der Waals surface area contributed by atoms with E-state index in [9.17, 15) is 19.3 Å². The summed E-state index contributed by atoms with van der Waals surface area (Å²) in [5, 5.41) is 11.4. The summed E-state index contributed by atoms with van der Waals surface area (Å²) in [6, 6.07) is 8.96. The van der Waals surface area contributed by atoms with Crippen molar-refractivity contribution in [2.75, 3.05) is 0 Å². The van der Waals surface area contributed by atoms with Crippen LogP contribution in [0.3, 0.4) is 0 Å². The lowest BCUT2D eigenvalue weighted by Gasteiger charge is -2.14. The zero-order valence-corrected chi connectivity index (χ0v) is 12.2. The topological polar surface area (TPSA) is 69.4 Å². The second-order valence-corrected chi connectivity index (χ2v) is 4.94. The van der Waals surface area contributed by atoms with Crippen LogP contribution in [-0.2, 0) is 0 Å². The van der Waals surface area contributed by atoms with Crippen LogP contribution in [0.5, 0.6) is 5.75 Å². The molecule has 0 saturated heterocycles. The lowest BCUT2D eigenvalue weighted by atomic mass is 10.1. The Bertz CT molecular complexity index is 718. The fourth-order valence-corrected chi connectivity index (χ4v) is 1.95. The maximum absolute atomic E-state index is 13.2. The quantitative estimate of drug-likeness (QED) is 0.473. The highest BCUT2D eigenvalue weighted by Gasteiger charge is 2.22. The molecule has 0 bridgehead atoms. The number of ketones is 1. The number of nitrogens with zero attached hydrogens (tertiary/aromatic N) is 1. The summed E-state index contributed by atoms with van der Waals surface area (Å²) >= 11 is 5.74. The number of carbonyl (C=O) groups is 1. The number of benzene rings is 2. The molecule has 0 radical (unpaired) electrons. The average molecular weight is 324 g/mol. The van der Waals surface area contributed by atoms with E-state index in [1.54, 1.807) is 12.1 Å². The first kappa shape index (κ1) is 15.9. The Morgan fingerprint density at radius 3 is 2.50 bits per heavy atom. The molecule has 22 heavy (non-hydrogen) atoms. The van der Waals surface area contributed by atoms with Gasteiger partial charge in [-0.05, 0) is 37.3 Å². The van der Waals surface area contributed by atoms with Crippen molar-refractivity contribution in [1.82, 2.24) is 0 Å². The molecule has 1 atom stereocenters. The molecule has 0 saturated carbocycles. The predicted octanol–water partition coefficient (Wildman–Crippen LogP) is 4.04. The molecule has 0 amide bonds. The van der Waals surface area contributed by atoms with Gasteiger partial charge in [-0.15, -0.1) is 0 Å². The van der Waals surface area contributed by atoms with Gasteiger partial charge >= 0.3 is 5.69 Å². The zero-order chi connectivity index (χ0) is 16.3. The van der Waals surface area contributed by atoms with Crippen LogP contribution in [0.2, 0.25) is 5.02 Å². The molecular weight excluding hydrogens is 313 g/mol. The number of carbonyl (C=O) groups excluding carboxylic acids is 1. The molecule has 0 aliphatic heterocycles. The fraction of sp³-hybridized carbons (Fsp3) is 0.133.